The molecule has 1 saturated heterocycles. The lowest BCUT2D eigenvalue weighted by atomic mass is 10.2. The standard InChI is InChI=1S/C14H21NO4S2/c1-12-5-7-13(8-6-12)21(16,17)15-20-10-4-9-14(11-20,18-2)19-3/h5-8H,4,9-11H2,1-3H3. The highest BCUT2D eigenvalue weighted by molar-refractivity contribution is 8.00. The number of sulfonamides is 1. The van der Waals surface area contributed by atoms with Crippen molar-refractivity contribution in [1.82, 2.24) is 0 Å². The second-order valence-corrected chi connectivity index (χ2v) is 8.74. The van der Waals surface area contributed by atoms with Crippen LogP contribution < -0.4 is 0 Å². The molecule has 0 N–H and O–H groups in total. The molecule has 1 fully saturated rings. The van der Waals surface area contributed by atoms with Gasteiger partial charge in [0.1, 0.15) is 0 Å². The normalized spacial score (nSPS) is 22.3. The molecule has 1 aliphatic heterocycles. The lowest BCUT2D eigenvalue weighted by Gasteiger charge is -2.35. The topological polar surface area (TPSA) is 65.0 Å². The van der Waals surface area contributed by atoms with E-state index in [2.05, 4.69) is 3.77 Å². The van der Waals surface area contributed by atoms with Gasteiger partial charge in [-0.05, 0) is 25.5 Å². The minimum absolute atomic E-state index is 0.242. The van der Waals surface area contributed by atoms with E-state index in [1.165, 1.54) is 0 Å². The lowest BCUT2D eigenvalue weighted by molar-refractivity contribution is -0.195. The summed E-state index contributed by atoms with van der Waals surface area (Å²) in [6.45, 7) is 1.92. The van der Waals surface area contributed by atoms with Crippen LogP contribution >= 0.6 is 0 Å². The van der Waals surface area contributed by atoms with Gasteiger partial charge in [0.15, 0.2) is 5.79 Å². The SMILES string of the molecule is COC1(OC)CCCS(=NS(=O)(=O)c2ccc(C)cc2)C1. The van der Waals surface area contributed by atoms with E-state index in [4.69, 9.17) is 9.47 Å². The first-order valence-electron chi connectivity index (χ1n) is 6.73. The van der Waals surface area contributed by atoms with Gasteiger partial charge in [-0.25, -0.2) is 0 Å². The Morgan fingerprint density at radius 2 is 1.81 bits per heavy atom. The number of ether oxygens (including phenoxy) is 2. The molecule has 0 aliphatic carbocycles. The molecule has 1 unspecified atom stereocenters. The Hall–Kier alpha value is -0.760. The minimum Gasteiger partial charge on any atom is -0.352 e. The smallest absolute Gasteiger partial charge is 0.287 e. The molecule has 21 heavy (non-hydrogen) atoms. The minimum atomic E-state index is -3.62. The maximum atomic E-state index is 12.4. The van der Waals surface area contributed by atoms with Crippen molar-refractivity contribution in [2.45, 2.75) is 30.4 Å². The average Bonchev–Trinajstić information content (AvgIpc) is 2.47. The molecule has 0 amide bonds. The van der Waals surface area contributed by atoms with E-state index in [1.54, 1.807) is 38.5 Å². The molecule has 5 nitrogen and oxygen atoms in total. The molecular formula is C14H21NO4S2. The van der Waals surface area contributed by atoms with Crippen LogP contribution in [0.4, 0.5) is 0 Å². The molecule has 2 rings (SSSR count). The molecule has 1 aromatic carbocycles. The number of nitrogens with zero attached hydrogens (tertiary/aromatic N) is 1. The van der Waals surface area contributed by atoms with Gasteiger partial charge in [-0.3, -0.25) is 0 Å². The molecule has 1 atom stereocenters. The third kappa shape index (κ3) is 3.91. The lowest BCUT2D eigenvalue weighted by Crippen LogP contribution is -2.43. The van der Waals surface area contributed by atoms with Gasteiger partial charge < -0.3 is 9.47 Å². The summed E-state index contributed by atoms with van der Waals surface area (Å²) >= 11 is 0. The Labute approximate surface area is 128 Å². The zero-order valence-corrected chi connectivity index (χ0v) is 14.2. The molecule has 0 saturated carbocycles. The van der Waals surface area contributed by atoms with Gasteiger partial charge in [-0.1, -0.05) is 28.4 Å². The van der Waals surface area contributed by atoms with Crippen LogP contribution in [-0.4, -0.2) is 39.9 Å². The summed E-state index contributed by atoms with van der Waals surface area (Å²) in [4.78, 5) is 0.242. The Bertz CT molecular complexity index is 619. The number of hydrogen-bond acceptors (Lipinski definition) is 4. The predicted octanol–water partition coefficient (Wildman–Crippen LogP) is 2.27. The fourth-order valence-corrected chi connectivity index (χ4v) is 6.22. The number of benzene rings is 1. The molecule has 7 heteroatoms. The van der Waals surface area contributed by atoms with E-state index in [0.717, 1.165) is 24.2 Å². The van der Waals surface area contributed by atoms with Gasteiger partial charge in [0, 0.05) is 26.4 Å². The van der Waals surface area contributed by atoms with Crippen molar-refractivity contribution in [3.63, 3.8) is 0 Å². The van der Waals surface area contributed by atoms with Gasteiger partial charge in [0.2, 0.25) is 0 Å². The first-order chi connectivity index (χ1) is 9.91. The first kappa shape index (κ1) is 16.6. The maximum Gasteiger partial charge on any atom is 0.287 e. The van der Waals surface area contributed by atoms with E-state index < -0.39 is 26.5 Å². The largest absolute Gasteiger partial charge is 0.352 e. The third-order valence-electron chi connectivity index (χ3n) is 3.59. The fourth-order valence-electron chi connectivity index (χ4n) is 2.27. The Kier molecular flexibility index (Phi) is 5.19. The van der Waals surface area contributed by atoms with Crippen molar-refractivity contribution >= 4 is 20.7 Å². The second-order valence-electron chi connectivity index (χ2n) is 5.10. The van der Waals surface area contributed by atoms with Crippen LogP contribution in [0.5, 0.6) is 0 Å². The van der Waals surface area contributed by atoms with Crippen LogP contribution in [0, 0.1) is 6.92 Å². The van der Waals surface area contributed by atoms with E-state index in [9.17, 15) is 8.42 Å². The van der Waals surface area contributed by atoms with E-state index in [0.29, 0.717) is 5.75 Å². The van der Waals surface area contributed by atoms with Crippen LogP contribution in [0.2, 0.25) is 0 Å². The van der Waals surface area contributed by atoms with Crippen LogP contribution in [0.1, 0.15) is 18.4 Å². The molecule has 0 aromatic heterocycles. The average molecular weight is 331 g/mol. The molecule has 0 spiro atoms. The Morgan fingerprint density at radius 3 is 2.38 bits per heavy atom. The van der Waals surface area contributed by atoms with Crippen molar-refractivity contribution in [1.29, 1.82) is 0 Å². The van der Waals surface area contributed by atoms with Crippen molar-refractivity contribution in [2.75, 3.05) is 25.7 Å². The predicted molar refractivity (Wildman–Crippen MR) is 83.9 cm³/mol. The summed E-state index contributed by atoms with van der Waals surface area (Å²) in [6.07, 6.45) is 1.61. The highest BCUT2D eigenvalue weighted by Crippen LogP contribution is 2.27. The summed E-state index contributed by atoms with van der Waals surface area (Å²) < 4.78 is 39.7. The Morgan fingerprint density at radius 1 is 1.19 bits per heavy atom. The maximum absolute atomic E-state index is 12.4. The van der Waals surface area contributed by atoms with Crippen LogP contribution in [0.15, 0.2) is 32.9 Å². The van der Waals surface area contributed by atoms with E-state index in [-0.39, 0.29) is 4.90 Å². The summed E-state index contributed by atoms with van der Waals surface area (Å²) in [5, 5.41) is 0. The van der Waals surface area contributed by atoms with E-state index in [1.807, 2.05) is 6.92 Å². The van der Waals surface area contributed by atoms with Crippen LogP contribution in [0.25, 0.3) is 0 Å². The zero-order valence-electron chi connectivity index (χ0n) is 12.5. The molecule has 1 heterocycles. The number of hydrogen-bond donors (Lipinski definition) is 0. The van der Waals surface area contributed by atoms with Crippen molar-refractivity contribution in [3.8, 4) is 0 Å². The molecule has 118 valence electrons. The molecular weight excluding hydrogens is 310 g/mol. The molecule has 0 radical (unpaired) electrons. The highest BCUT2D eigenvalue weighted by Gasteiger charge is 2.35. The van der Waals surface area contributed by atoms with Crippen molar-refractivity contribution in [2.24, 2.45) is 3.77 Å². The fraction of sp³-hybridized carbons (Fsp3) is 0.571. The quantitative estimate of drug-likeness (QED) is 0.794. The van der Waals surface area contributed by atoms with Gasteiger partial charge in [-0.15, -0.1) is 3.77 Å². The number of aryl methyl sites for hydroxylation is 1. The van der Waals surface area contributed by atoms with Crippen LogP contribution in [-0.2, 0) is 30.2 Å². The van der Waals surface area contributed by atoms with Crippen LogP contribution in [0.3, 0.4) is 0 Å². The molecule has 1 aromatic rings. The summed E-state index contributed by atoms with van der Waals surface area (Å²) in [6, 6.07) is 6.75. The van der Waals surface area contributed by atoms with Gasteiger partial charge in [-0.2, -0.15) is 8.42 Å². The second kappa shape index (κ2) is 6.56. The van der Waals surface area contributed by atoms with Gasteiger partial charge in [0.05, 0.1) is 10.6 Å². The zero-order chi connectivity index (χ0) is 15.5. The van der Waals surface area contributed by atoms with Crippen molar-refractivity contribution < 1.29 is 17.9 Å². The number of rotatable bonds is 4. The summed E-state index contributed by atoms with van der Waals surface area (Å²) in [5.41, 5.74) is 1.02. The number of methoxy groups -OCH3 is 2. The monoisotopic (exact) mass is 331 g/mol. The molecule has 1 aliphatic rings. The summed E-state index contributed by atoms with van der Waals surface area (Å²) in [7, 11) is -1.04. The first-order valence-corrected chi connectivity index (χ1v) is 9.69. The van der Waals surface area contributed by atoms with Gasteiger partial charge >= 0.3 is 0 Å². The third-order valence-corrected chi connectivity index (χ3v) is 7.62. The molecule has 0 bridgehead atoms. The van der Waals surface area contributed by atoms with Crippen molar-refractivity contribution in [3.05, 3.63) is 29.8 Å². The van der Waals surface area contributed by atoms with Gasteiger partial charge in [0.25, 0.3) is 10.0 Å². The highest BCUT2D eigenvalue weighted by atomic mass is 32.3. The Balaban J connectivity index is 2.27. The summed E-state index contributed by atoms with van der Waals surface area (Å²) in [5.74, 6) is 0.554. The van der Waals surface area contributed by atoms with E-state index >= 15 is 0 Å².